The van der Waals surface area contributed by atoms with Crippen molar-refractivity contribution in [3.05, 3.63) is 64.7 Å². The average molecular weight is 423 g/mol. The van der Waals surface area contributed by atoms with Crippen LogP contribution >= 0.6 is 0 Å². The first-order chi connectivity index (χ1) is 15.0. The quantitative estimate of drug-likeness (QED) is 0.437. The number of Topliss-reactive ketones (excluding diaryl/α,β-unsaturated/α-hetero) is 1. The van der Waals surface area contributed by atoms with Crippen LogP contribution in [0.5, 0.6) is 11.5 Å². The molecule has 2 aliphatic rings. The molecule has 2 heterocycles. The van der Waals surface area contributed by atoms with Crippen LogP contribution in [-0.2, 0) is 20.7 Å². The van der Waals surface area contributed by atoms with Crippen LogP contribution in [-0.4, -0.2) is 55.2 Å². The number of hydrogen-bond acceptors (Lipinski definition) is 6. The van der Waals surface area contributed by atoms with Crippen molar-refractivity contribution >= 4 is 17.4 Å². The minimum absolute atomic E-state index is 0.0574. The van der Waals surface area contributed by atoms with E-state index < -0.39 is 17.7 Å². The van der Waals surface area contributed by atoms with E-state index >= 15 is 0 Å². The van der Waals surface area contributed by atoms with E-state index in [2.05, 4.69) is 6.92 Å². The Bertz CT molecular complexity index is 1030. The van der Waals surface area contributed by atoms with Gasteiger partial charge in [0.25, 0.3) is 11.7 Å². The van der Waals surface area contributed by atoms with Crippen LogP contribution in [0.15, 0.2) is 48.0 Å². The van der Waals surface area contributed by atoms with E-state index in [1.54, 1.807) is 18.2 Å². The molecule has 1 saturated heterocycles. The number of benzene rings is 2. The minimum Gasteiger partial charge on any atom is -0.507 e. The van der Waals surface area contributed by atoms with E-state index in [-0.39, 0.29) is 24.5 Å². The largest absolute Gasteiger partial charge is 0.507 e. The summed E-state index contributed by atoms with van der Waals surface area (Å²) in [6.45, 7) is 3.43. The van der Waals surface area contributed by atoms with Gasteiger partial charge < -0.3 is 24.2 Å². The predicted octanol–water partition coefficient (Wildman–Crippen LogP) is 3.09. The molecule has 0 radical (unpaired) electrons. The molecule has 0 aliphatic carbocycles. The van der Waals surface area contributed by atoms with Crippen molar-refractivity contribution in [3.8, 4) is 11.5 Å². The number of nitrogens with zero attached hydrogens (tertiary/aromatic N) is 1. The molecule has 1 unspecified atom stereocenters. The zero-order valence-corrected chi connectivity index (χ0v) is 17.6. The fraction of sp³-hybridized carbons (Fsp3) is 0.333. The summed E-state index contributed by atoms with van der Waals surface area (Å²) in [5.41, 5.74) is 2.35. The summed E-state index contributed by atoms with van der Waals surface area (Å²) < 4.78 is 16.3. The fourth-order valence-corrected chi connectivity index (χ4v) is 3.93. The number of amides is 1. The Morgan fingerprint density at radius 3 is 2.48 bits per heavy atom. The monoisotopic (exact) mass is 423 g/mol. The van der Waals surface area contributed by atoms with E-state index in [0.29, 0.717) is 30.3 Å². The molecule has 7 heteroatoms. The molecule has 0 saturated carbocycles. The van der Waals surface area contributed by atoms with Crippen LogP contribution in [0, 0.1) is 0 Å². The lowest BCUT2D eigenvalue weighted by atomic mass is 9.94. The zero-order chi connectivity index (χ0) is 22.0. The molecule has 2 aliphatic heterocycles. The van der Waals surface area contributed by atoms with Gasteiger partial charge in [-0.2, -0.15) is 0 Å². The maximum Gasteiger partial charge on any atom is 0.295 e. The van der Waals surface area contributed by atoms with Crippen LogP contribution in [0.2, 0.25) is 0 Å². The first-order valence-corrected chi connectivity index (χ1v) is 10.3. The number of hydrogen-bond donors (Lipinski definition) is 1. The molecule has 1 atom stereocenters. The van der Waals surface area contributed by atoms with E-state index in [4.69, 9.17) is 14.2 Å². The van der Waals surface area contributed by atoms with Gasteiger partial charge in [-0.1, -0.05) is 31.2 Å². The maximum absolute atomic E-state index is 13.0. The Kier molecular flexibility index (Phi) is 5.95. The molecule has 0 bridgehead atoms. The van der Waals surface area contributed by atoms with Crippen LogP contribution in [0.25, 0.3) is 5.76 Å². The Morgan fingerprint density at radius 1 is 1.10 bits per heavy atom. The molecule has 7 nitrogen and oxygen atoms in total. The van der Waals surface area contributed by atoms with Gasteiger partial charge in [-0.3, -0.25) is 9.59 Å². The smallest absolute Gasteiger partial charge is 0.295 e. The van der Waals surface area contributed by atoms with Crippen LogP contribution in [0.3, 0.4) is 0 Å². The summed E-state index contributed by atoms with van der Waals surface area (Å²) in [5.74, 6) is -0.531. The maximum atomic E-state index is 13.0. The summed E-state index contributed by atoms with van der Waals surface area (Å²) in [6, 6.07) is 12.0. The first-order valence-electron chi connectivity index (χ1n) is 10.3. The number of methoxy groups -OCH3 is 1. The number of ether oxygens (including phenoxy) is 3. The van der Waals surface area contributed by atoms with Crippen molar-refractivity contribution in [3.63, 3.8) is 0 Å². The third-order valence-corrected chi connectivity index (χ3v) is 5.60. The fourth-order valence-electron chi connectivity index (χ4n) is 3.93. The molecule has 0 spiro atoms. The van der Waals surface area contributed by atoms with E-state index in [0.717, 1.165) is 17.5 Å². The standard InChI is InChI=1S/C24H25NO6/c1-3-15-4-6-16(7-5-15)21-20(23(27)24(28)25(21)10-11-29-2)22(26)17-8-9-18-19(14-17)31-13-12-30-18/h4-9,14,21,26H,3,10-13H2,1-2H3. The van der Waals surface area contributed by atoms with Gasteiger partial charge in [0.2, 0.25) is 0 Å². The highest BCUT2D eigenvalue weighted by Gasteiger charge is 2.45. The molecular weight excluding hydrogens is 398 g/mol. The third kappa shape index (κ3) is 3.88. The second-order valence-corrected chi connectivity index (χ2v) is 7.44. The van der Waals surface area contributed by atoms with Crippen molar-refractivity contribution in [2.24, 2.45) is 0 Å². The molecular formula is C24H25NO6. The van der Waals surface area contributed by atoms with Gasteiger partial charge in [-0.15, -0.1) is 0 Å². The highest BCUT2D eigenvalue weighted by molar-refractivity contribution is 6.46. The Morgan fingerprint density at radius 2 is 1.81 bits per heavy atom. The topological polar surface area (TPSA) is 85.3 Å². The predicted molar refractivity (Wildman–Crippen MR) is 114 cm³/mol. The van der Waals surface area contributed by atoms with E-state index in [9.17, 15) is 14.7 Å². The zero-order valence-electron chi connectivity index (χ0n) is 17.6. The third-order valence-electron chi connectivity index (χ3n) is 5.60. The summed E-state index contributed by atoms with van der Waals surface area (Å²) >= 11 is 0. The number of ketones is 1. The number of rotatable bonds is 6. The summed E-state index contributed by atoms with van der Waals surface area (Å²) in [7, 11) is 1.54. The molecule has 2 aromatic rings. The van der Waals surface area contributed by atoms with Gasteiger partial charge in [0.1, 0.15) is 19.0 Å². The lowest BCUT2D eigenvalue weighted by Crippen LogP contribution is -2.32. The lowest BCUT2D eigenvalue weighted by molar-refractivity contribution is -0.140. The molecule has 0 aromatic heterocycles. The molecule has 1 amide bonds. The second-order valence-electron chi connectivity index (χ2n) is 7.44. The normalized spacial score (nSPS) is 19.7. The highest BCUT2D eigenvalue weighted by atomic mass is 16.6. The highest BCUT2D eigenvalue weighted by Crippen LogP contribution is 2.41. The first kappa shape index (κ1) is 20.9. The molecule has 2 aromatic carbocycles. The van der Waals surface area contributed by atoms with Gasteiger partial charge in [-0.05, 0) is 35.7 Å². The number of carbonyl (C=O) groups excluding carboxylic acids is 2. The number of fused-ring (bicyclic) bond motifs is 1. The second kappa shape index (κ2) is 8.81. The SMILES string of the molecule is CCc1ccc(C2C(=C(O)c3ccc4c(c3)OCCO4)C(=O)C(=O)N2CCOC)cc1. The number of aliphatic hydroxyl groups excluding tert-OH is 1. The summed E-state index contributed by atoms with van der Waals surface area (Å²) in [4.78, 5) is 27.3. The number of likely N-dealkylation sites (tertiary alicyclic amines) is 1. The van der Waals surface area contributed by atoms with Crippen molar-refractivity contribution in [1.29, 1.82) is 0 Å². The lowest BCUT2D eigenvalue weighted by Gasteiger charge is -2.25. The van der Waals surface area contributed by atoms with E-state index in [1.165, 1.54) is 12.0 Å². The summed E-state index contributed by atoms with van der Waals surface area (Å²) in [5, 5.41) is 11.1. The number of aryl methyl sites for hydroxylation is 1. The van der Waals surface area contributed by atoms with Gasteiger partial charge in [0, 0.05) is 19.2 Å². The van der Waals surface area contributed by atoms with E-state index in [1.807, 2.05) is 24.3 Å². The number of carbonyl (C=O) groups is 2. The van der Waals surface area contributed by atoms with Crippen LogP contribution in [0.1, 0.15) is 29.7 Å². The Balaban J connectivity index is 1.81. The Labute approximate surface area is 180 Å². The van der Waals surface area contributed by atoms with Crippen molar-refractivity contribution in [2.75, 3.05) is 33.5 Å². The molecule has 31 heavy (non-hydrogen) atoms. The average Bonchev–Trinajstić information content (AvgIpc) is 3.06. The van der Waals surface area contributed by atoms with Gasteiger partial charge >= 0.3 is 0 Å². The molecule has 4 rings (SSSR count). The van der Waals surface area contributed by atoms with Gasteiger partial charge in [0.15, 0.2) is 11.5 Å². The number of aliphatic hydroxyl groups is 1. The van der Waals surface area contributed by atoms with Crippen LogP contribution < -0.4 is 9.47 Å². The molecule has 1 fully saturated rings. The van der Waals surface area contributed by atoms with Crippen molar-refractivity contribution in [1.82, 2.24) is 4.90 Å². The van der Waals surface area contributed by atoms with Gasteiger partial charge in [-0.25, -0.2) is 0 Å². The van der Waals surface area contributed by atoms with Crippen molar-refractivity contribution in [2.45, 2.75) is 19.4 Å². The van der Waals surface area contributed by atoms with Crippen LogP contribution in [0.4, 0.5) is 0 Å². The summed E-state index contributed by atoms with van der Waals surface area (Å²) in [6.07, 6.45) is 0.876. The van der Waals surface area contributed by atoms with Gasteiger partial charge in [0.05, 0.1) is 18.2 Å². The minimum atomic E-state index is -0.715. The van der Waals surface area contributed by atoms with Crippen molar-refractivity contribution < 1.29 is 28.9 Å². The molecule has 162 valence electrons. The Hall–Kier alpha value is -3.32. The molecule has 1 N–H and O–H groups in total.